The van der Waals surface area contributed by atoms with Gasteiger partial charge in [-0.3, -0.25) is 19.7 Å². The fourth-order valence-corrected chi connectivity index (χ4v) is 5.69. The van der Waals surface area contributed by atoms with Crippen molar-refractivity contribution in [2.45, 2.75) is 0 Å². The van der Waals surface area contributed by atoms with Gasteiger partial charge in [0.05, 0.1) is 41.4 Å². The number of rotatable bonds is 9. The number of nitrogen functional groups attached to an aromatic ring is 1. The maximum atomic E-state index is 15.2. The van der Waals surface area contributed by atoms with E-state index in [9.17, 15) is 19.7 Å². The summed E-state index contributed by atoms with van der Waals surface area (Å²) in [6.45, 7) is 0. The zero-order valence-corrected chi connectivity index (χ0v) is 29.0. The molecule has 0 unspecified atom stereocenters. The first-order chi connectivity index (χ1) is 24.9. The second-order valence-electron chi connectivity index (χ2n) is 11.1. The van der Waals surface area contributed by atoms with Gasteiger partial charge in [0.25, 0.3) is 5.69 Å². The summed E-state index contributed by atoms with van der Waals surface area (Å²) in [6.07, 6.45) is 0. The molecule has 12 heteroatoms. The van der Waals surface area contributed by atoms with Crippen LogP contribution in [0.3, 0.4) is 0 Å². The van der Waals surface area contributed by atoms with Gasteiger partial charge in [-0.1, -0.05) is 47.5 Å². The van der Waals surface area contributed by atoms with E-state index in [0.717, 1.165) is 0 Å². The predicted molar refractivity (Wildman–Crippen MR) is 198 cm³/mol. The van der Waals surface area contributed by atoms with Crippen molar-refractivity contribution in [3.05, 3.63) is 175 Å². The van der Waals surface area contributed by atoms with Crippen LogP contribution in [0.4, 0.5) is 20.2 Å². The van der Waals surface area contributed by atoms with Gasteiger partial charge < -0.3 is 15.2 Å². The average molecular weight is 742 g/mol. The number of ketones is 2. The van der Waals surface area contributed by atoms with E-state index >= 15 is 8.78 Å². The molecule has 262 valence electrons. The third-order valence-corrected chi connectivity index (χ3v) is 8.35. The third kappa shape index (κ3) is 8.10. The van der Waals surface area contributed by atoms with Crippen molar-refractivity contribution in [2.24, 2.45) is 0 Å². The lowest BCUT2D eigenvalue weighted by Crippen LogP contribution is -2.06. The van der Waals surface area contributed by atoms with Crippen LogP contribution in [0.15, 0.2) is 121 Å². The molecule has 0 bridgehead atoms. The first-order valence-corrected chi connectivity index (χ1v) is 16.1. The molecule has 0 atom stereocenters. The minimum atomic E-state index is -0.750. The highest BCUT2D eigenvalue weighted by Crippen LogP contribution is 2.37. The molecular weight excluding hydrogens is 713 g/mol. The van der Waals surface area contributed by atoms with E-state index in [1.54, 1.807) is 78.9 Å². The quantitative estimate of drug-likeness (QED) is 0.0677. The number of hydrogen-bond acceptors (Lipinski definition) is 7. The van der Waals surface area contributed by atoms with Gasteiger partial charge in [0.1, 0.15) is 23.1 Å². The molecule has 0 saturated carbocycles. The second kappa shape index (κ2) is 16.3. The van der Waals surface area contributed by atoms with Gasteiger partial charge in [-0.05, 0) is 96.1 Å². The first-order valence-electron chi connectivity index (χ1n) is 15.4. The van der Waals surface area contributed by atoms with E-state index in [0.29, 0.717) is 38.2 Å². The number of ether oxygens (including phenoxy) is 2. The van der Waals surface area contributed by atoms with Crippen LogP contribution in [0.5, 0.6) is 11.5 Å². The van der Waals surface area contributed by atoms with Crippen LogP contribution in [0, 0.1) is 21.7 Å². The van der Waals surface area contributed by atoms with Crippen LogP contribution in [0.2, 0.25) is 10.0 Å². The SMILES string of the molecule is COc1ccc(C(=O)c2ccc(N)cc2)c(F)c1-c1cccc(Cl)c1.COc1ccc(C(=O)c2ccc([N+](=O)[O-])cc2)c(F)c1-c1cccc(Cl)c1. The highest BCUT2D eigenvalue weighted by Gasteiger charge is 2.23. The summed E-state index contributed by atoms with van der Waals surface area (Å²) in [5.74, 6) is -1.83. The lowest BCUT2D eigenvalue weighted by atomic mass is 9.96. The summed E-state index contributed by atoms with van der Waals surface area (Å²) in [7, 11) is 2.85. The van der Waals surface area contributed by atoms with E-state index in [-0.39, 0.29) is 39.3 Å². The number of anilines is 1. The number of methoxy groups -OCH3 is 2. The molecule has 0 spiro atoms. The Balaban J connectivity index is 0.000000202. The number of nitro groups is 1. The van der Waals surface area contributed by atoms with Gasteiger partial charge in [-0.15, -0.1) is 0 Å². The van der Waals surface area contributed by atoms with Gasteiger partial charge in [-0.2, -0.15) is 0 Å². The van der Waals surface area contributed by atoms with Crippen molar-refractivity contribution in [1.82, 2.24) is 0 Å². The van der Waals surface area contributed by atoms with Crippen molar-refractivity contribution in [3.63, 3.8) is 0 Å². The molecule has 0 aliphatic rings. The number of nitrogens with zero attached hydrogens (tertiary/aromatic N) is 1. The number of benzene rings is 6. The maximum Gasteiger partial charge on any atom is 0.269 e. The highest BCUT2D eigenvalue weighted by molar-refractivity contribution is 6.31. The fraction of sp³-hybridized carbons (Fsp3) is 0.0500. The largest absolute Gasteiger partial charge is 0.496 e. The summed E-state index contributed by atoms with van der Waals surface area (Å²) in [4.78, 5) is 35.6. The Morgan fingerprint density at radius 1 is 0.635 bits per heavy atom. The molecule has 8 nitrogen and oxygen atoms in total. The van der Waals surface area contributed by atoms with E-state index < -0.39 is 28.1 Å². The summed E-state index contributed by atoms with van der Waals surface area (Å²) in [6, 6.07) is 30.5. The molecule has 0 radical (unpaired) electrons. The Hall–Kier alpha value is -6.10. The lowest BCUT2D eigenvalue weighted by Gasteiger charge is -2.13. The minimum absolute atomic E-state index is 0.0412. The van der Waals surface area contributed by atoms with E-state index in [1.165, 1.54) is 56.7 Å². The summed E-state index contributed by atoms with van der Waals surface area (Å²) in [5, 5.41) is 11.6. The van der Waals surface area contributed by atoms with Crippen LogP contribution in [-0.4, -0.2) is 30.7 Å². The molecule has 6 aromatic rings. The lowest BCUT2D eigenvalue weighted by molar-refractivity contribution is -0.384. The number of carbonyl (C=O) groups is 2. The number of halogens is 4. The molecule has 0 aromatic heterocycles. The van der Waals surface area contributed by atoms with Crippen molar-refractivity contribution in [1.29, 1.82) is 0 Å². The molecule has 0 aliphatic carbocycles. The monoisotopic (exact) mass is 740 g/mol. The van der Waals surface area contributed by atoms with Gasteiger partial charge in [0, 0.05) is 39.0 Å². The minimum Gasteiger partial charge on any atom is -0.496 e. The molecule has 0 saturated heterocycles. The molecule has 6 aromatic carbocycles. The van der Waals surface area contributed by atoms with Crippen molar-refractivity contribution < 1.29 is 32.8 Å². The van der Waals surface area contributed by atoms with Crippen molar-refractivity contribution in [2.75, 3.05) is 20.0 Å². The molecule has 2 N–H and O–H groups in total. The Bertz CT molecular complexity index is 2300. The Morgan fingerprint density at radius 3 is 1.40 bits per heavy atom. The van der Waals surface area contributed by atoms with Crippen molar-refractivity contribution >= 4 is 46.1 Å². The van der Waals surface area contributed by atoms with E-state index in [4.69, 9.17) is 38.4 Å². The van der Waals surface area contributed by atoms with Gasteiger partial charge in [0.15, 0.2) is 11.6 Å². The Kier molecular flexibility index (Phi) is 11.6. The van der Waals surface area contributed by atoms with E-state index in [2.05, 4.69) is 0 Å². The number of non-ortho nitro benzene ring substituents is 1. The number of hydrogen-bond donors (Lipinski definition) is 1. The molecule has 0 amide bonds. The third-order valence-electron chi connectivity index (χ3n) is 7.88. The summed E-state index contributed by atoms with van der Waals surface area (Å²) in [5.41, 5.74) is 7.63. The summed E-state index contributed by atoms with van der Waals surface area (Å²) >= 11 is 12.0. The van der Waals surface area contributed by atoms with Crippen LogP contribution in [-0.2, 0) is 0 Å². The number of nitrogens with two attached hydrogens (primary N) is 1. The zero-order chi connectivity index (χ0) is 37.5. The predicted octanol–water partition coefficient (Wildman–Crippen LogP) is 10.3. The normalized spacial score (nSPS) is 10.5. The molecule has 0 fully saturated rings. The molecular formula is C40H28Cl2F2N2O6. The van der Waals surface area contributed by atoms with Crippen LogP contribution in [0.1, 0.15) is 31.8 Å². The molecule has 52 heavy (non-hydrogen) atoms. The first kappa shape index (κ1) is 37.2. The van der Waals surface area contributed by atoms with Crippen molar-refractivity contribution in [3.8, 4) is 33.8 Å². The van der Waals surface area contributed by atoms with Crippen LogP contribution in [0.25, 0.3) is 22.3 Å². The second-order valence-corrected chi connectivity index (χ2v) is 12.0. The maximum absolute atomic E-state index is 15.2. The molecule has 0 aliphatic heterocycles. The van der Waals surface area contributed by atoms with Gasteiger partial charge in [0.2, 0.25) is 0 Å². The Labute approximate surface area is 307 Å². The standard InChI is InChI=1S/C20H13ClFNO4.C20H15ClFNO2/c1-27-17-10-9-16(19(22)18(17)13-3-2-4-14(21)11-13)20(24)12-5-7-15(8-6-12)23(25)26;1-25-17-10-9-16(20(24)12-5-7-15(23)8-6-12)19(22)18(17)13-3-2-4-14(21)11-13/h2-11H,1H3;2-11H,23H2,1H3. The smallest absolute Gasteiger partial charge is 0.269 e. The highest BCUT2D eigenvalue weighted by atomic mass is 35.5. The van der Waals surface area contributed by atoms with Crippen LogP contribution < -0.4 is 15.2 Å². The number of carbonyl (C=O) groups excluding carboxylic acids is 2. The summed E-state index contributed by atoms with van der Waals surface area (Å²) < 4.78 is 40.9. The number of nitro benzene ring substituents is 1. The van der Waals surface area contributed by atoms with E-state index in [1.807, 2.05) is 0 Å². The molecule has 0 heterocycles. The van der Waals surface area contributed by atoms with Crippen LogP contribution >= 0.6 is 23.2 Å². The zero-order valence-electron chi connectivity index (χ0n) is 27.5. The van der Waals surface area contributed by atoms with Gasteiger partial charge in [-0.25, -0.2) is 8.78 Å². The van der Waals surface area contributed by atoms with Gasteiger partial charge >= 0.3 is 0 Å². The fourth-order valence-electron chi connectivity index (χ4n) is 5.31. The topological polar surface area (TPSA) is 122 Å². The average Bonchev–Trinajstić information content (AvgIpc) is 3.14. The Morgan fingerprint density at radius 2 is 1.04 bits per heavy atom. The molecule has 6 rings (SSSR count).